The number of nitrogens with one attached hydrogen (secondary N) is 1. The van der Waals surface area contributed by atoms with Crippen LogP contribution in [-0.2, 0) is 6.18 Å². The number of alkyl halides is 3. The predicted octanol–water partition coefficient (Wildman–Crippen LogP) is 3.30. The molecule has 0 aliphatic rings. The summed E-state index contributed by atoms with van der Waals surface area (Å²) in [6, 6.07) is 4.81. The van der Waals surface area contributed by atoms with Crippen molar-refractivity contribution in [3.8, 4) is 5.69 Å². The van der Waals surface area contributed by atoms with E-state index in [1.165, 1.54) is 23.0 Å². The molecule has 0 radical (unpaired) electrons. The van der Waals surface area contributed by atoms with Gasteiger partial charge in [0.05, 0.1) is 34.2 Å². The van der Waals surface area contributed by atoms with Crippen molar-refractivity contribution in [3.63, 3.8) is 0 Å². The Balaban J connectivity index is 2.35. The quantitative estimate of drug-likeness (QED) is 0.850. The van der Waals surface area contributed by atoms with Gasteiger partial charge >= 0.3 is 6.18 Å². The molecule has 0 aliphatic carbocycles. The molecule has 8 heteroatoms. The zero-order chi connectivity index (χ0) is 19.7. The summed E-state index contributed by atoms with van der Waals surface area (Å²) in [5.74, 6) is -0.252. The van der Waals surface area contributed by atoms with Gasteiger partial charge in [-0.15, -0.1) is 0 Å². The lowest BCUT2D eigenvalue weighted by Gasteiger charge is -2.33. The number of carbonyl (C=O) groups is 1. The number of halogens is 3. The van der Waals surface area contributed by atoms with Crippen LogP contribution in [0, 0.1) is 12.8 Å². The predicted molar refractivity (Wildman–Crippen MR) is 93.1 cm³/mol. The van der Waals surface area contributed by atoms with Crippen molar-refractivity contribution < 1.29 is 18.0 Å². The fraction of sp³-hybridized carbons (Fsp3) is 0.444. The van der Waals surface area contributed by atoms with Crippen molar-refractivity contribution in [1.29, 1.82) is 0 Å². The zero-order valence-electron chi connectivity index (χ0n) is 15.2. The van der Waals surface area contributed by atoms with Gasteiger partial charge in [0, 0.05) is 6.54 Å². The number of aromatic nitrogens is 2. The number of rotatable bonds is 5. The maximum absolute atomic E-state index is 12.9. The van der Waals surface area contributed by atoms with Gasteiger partial charge in [-0.1, -0.05) is 19.9 Å². The maximum atomic E-state index is 12.9. The van der Waals surface area contributed by atoms with Crippen molar-refractivity contribution in [2.24, 2.45) is 11.7 Å². The van der Waals surface area contributed by atoms with Crippen molar-refractivity contribution in [1.82, 2.24) is 15.1 Å². The van der Waals surface area contributed by atoms with Gasteiger partial charge in [-0.05, 0) is 38.0 Å². The molecule has 0 spiro atoms. The van der Waals surface area contributed by atoms with Crippen molar-refractivity contribution in [2.45, 2.75) is 39.4 Å². The average molecular weight is 368 g/mol. The number of nitrogens with two attached hydrogens (primary N) is 1. The molecule has 2 rings (SSSR count). The first-order valence-electron chi connectivity index (χ1n) is 8.24. The van der Waals surface area contributed by atoms with Crippen LogP contribution in [-0.4, -0.2) is 27.8 Å². The maximum Gasteiger partial charge on any atom is 0.416 e. The highest BCUT2D eigenvalue weighted by molar-refractivity contribution is 5.95. The van der Waals surface area contributed by atoms with Crippen molar-refractivity contribution in [3.05, 3.63) is 47.3 Å². The van der Waals surface area contributed by atoms with Gasteiger partial charge in [-0.3, -0.25) is 4.79 Å². The van der Waals surface area contributed by atoms with E-state index in [4.69, 9.17) is 5.73 Å². The summed E-state index contributed by atoms with van der Waals surface area (Å²) in [6.07, 6.45) is -3.10. The fourth-order valence-electron chi connectivity index (χ4n) is 2.46. The standard InChI is InChI=1S/C18H23F3N4O/c1-11(2)17(4,10-22)24-16(26)15-9-23-25(12(15)3)14-7-5-6-13(8-14)18(19,20)21/h5-9,11H,10,22H2,1-4H3,(H,24,26). The van der Waals surface area contributed by atoms with Gasteiger partial charge in [0.2, 0.25) is 0 Å². The highest BCUT2D eigenvalue weighted by Gasteiger charge is 2.32. The molecule has 142 valence electrons. The number of hydrogen-bond donors (Lipinski definition) is 2. The molecule has 1 heterocycles. The largest absolute Gasteiger partial charge is 0.416 e. The number of hydrogen-bond acceptors (Lipinski definition) is 3. The molecule has 1 aromatic carbocycles. The van der Waals surface area contributed by atoms with Crippen LogP contribution in [0.4, 0.5) is 13.2 Å². The Kier molecular flexibility index (Phi) is 5.46. The van der Waals surface area contributed by atoms with Crippen molar-refractivity contribution in [2.75, 3.05) is 6.54 Å². The number of benzene rings is 1. The Labute approximate surface area is 150 Å². The number of amides is 1. The first kappa shape index (κ1) is 20.0. The van der Waals surface area contributed by atoms with Crippen LogP contribution in [0.15, 0.2) is 30.5 Å². The Morgan fingerprint density at radius 3 is 2.54 bits per heavy atom. The Morgan fingerprint density at radius 2 is 2.00 bits per heavy atom. The highest BCUT2D eigenvalue weighted by atomic mass is 19.4. The Hall–Kier alpha value is -2.35. The molecular weight excluding hydrogens is 345 g/mol. The molecule has 5 nitrogen and oxygen atoms in total. The molecule has 26 heavy (non-hydrogen) atoms. The molecule has 0 saturated heterocycles. The van der Waals surface area contributed by atoms with E-state index in [0.717, 1.165) is 12.1 Å². The summed E-state index contributed by atoms with van der Waals surface area (Å²) in [6.45, 7) is 7.65. The molecule has 2 aromatic rings. The second kappa shape index (κ2) is 7.11. The minimum atomic E-state index is -4.45. The number of nitrogens with zero attached hydrogens (tertiary/aromatic N) is 2. The molecule has 0 fully saturated rings. The van der Waals surface area contributed by atoms with E-state index in [2.05, 4.69) is 10.4 Å². The van der Waals surface area contributed by atoms with Gasteiger partial charge in [0.15, 0.2) is 0 Å². The summed E-state index contributed by atoms with van der Waals surface area (Å²) in [4.78, 5) is 12.6. The van der Waals surface area contributed by atoms with Gasteiger partial charge < -0.3 is 11.1 Å². The Bertz CT molecular complexity index is 798. The van der Waals surface area contributed by atoms with Crippen LogP contribution >= 0.6 is 0 Å². The molecule has 3 N–H and O–H groups in total. The van der Waals surface area contributed by atoms with Crippen LogP contribution in [0.1, 0.15) is 42.4 Å². The van der Waals surface area contributed by atoms with E-state index in [0.29, 0.717) is 11.3 Å². The lowest BCUT2D eigenvalue weighted by molar-refractivity contribution is -0.137. The lowest BCUT2D eigenvalue weighted by Crippen LogP contribution is -2.55. The van der Waals surface area contributed by atoms with Crippen LogP contribution in [0.5, 0.6) is 0 Å². The minimum Gasteiger partial charge on any atom is -0.345 e. The summed E-state index contributed by atoms with van der Waals surface area (Å²) in [7, 11) is 0. The smallest absolute Gasteiger partial charge is 0.345 e. The van der Waals surface area contributed by atoms with E-state index < -0.39 is 17.3 Å². The fourth-order valence-corrected chi connectivity index (χ4v) is 2.46. The molecule has 0 bridgehead atoms. The summed E-state index contributed by atoms with van der Waals surface area (Å²) in [5.41, 5.74) is 5.40. The molecule has 1 aromatic heterocycles. The van der Waals surface area contributed by atoms with Crippen LogP contribution in [0.2, 0.25) is 0 Å². The van der Waals surface area contributed by atoms with E-state index in [-0.39, 0.29) is 24.1 Å². The average Bonchev–Trinajstić information content (AvgIpc) is 2.95. The first-order chi connectivity index (χ1) is 12.0. The van der Waals surface area contributed by atoms with Gasteiger partial charge in [-0.2, -0.15) is 18.3 Å². The second-order valence-electron chi connectivity index (χ2n) is 6.83. The molecule has 0 aliphatic heterocycles. The third-order valence-corrected chi connectivity index (χ3v) is 4.77. The molecule has 0 saturated carbocycles. The summed E-state index contributed by atoms with van der Waals surface area (Å²) in [5, 5.41) is 6.99. The third-order valence-electron chi connectivity index (χ3n) is 4.77. The van der Waals surface area contributed by atoms with Crippen LogP contribution < -0.4 is 11.1 Å². The monoisotopic (exact) mass is 368 g/mol. The number of carbonyl (C=O) groups excluding carboxylic acids is 1. The highest BCUT2D eigenvalue weighted by Crippen LogP contribution is 2.30. The minimum absolute atomic E-state index is 0.107. The van der Waals surface area contributed by atoms with Gasteiger partial charge in [0.1, 0.15) is 0 Å². The third kappa shape index (κ3) is 3.90. The molecular formula is C18H23F3N4O. The Morgan fingerprint density at radius 1 is 1.35 bits per heavy atom. The van der Waals surface area contributed by atoms with E-state index in [1.54, 1.807) is 6.92 Å². The molecule has 1 amide bonds. The SMILES string of the molecule is Cc1c(C(=O)NC(C)(CN)C(C)C)cnn1-c1cccc(C(F)(F)F)c1. The van der Waals surface area contributed by atoms with Crippen molar-refractivity contribution >= 4 is 5.91 Å². The van der Waals surface area contributed by atoms with E-state index >= 15 is 0 Å². The first-order valence-corrected chi connectivity index (χ1v) is 8.24. The van der Waals surface area contributed by atoms with Gasteiger partial charge in [-0.25, -0.2) is 4.68 Å². The normalized spacial score (nSPS) is 14.3. The zero-order valence-corrected chi connectivity index (χ0v) is 15.2. The van der Waals surface area contributed by atoms with Gasteiger partial charge in [0.25, 0.3) is 5.91 Å². The van der Waals surface area contributed by atoms with Crippen LogP contribution in [0.3, 0.4) is 0 Å². The molecule has 1 atom stereocenters. The summed E-state index contributed by atoms with van der Waals surface area (Å²) >= 11 is 0. The summed E-state index contributed by atoms with van der Waals surface area (Å²) < 4.78 is 40.1. The molecule has 1 unspecified atom stereocenters. The second-order valence-corrected chi connectivity index (χ2v) is 6.83. The van der Waals surface area contributed by atoms with Crippen LogP contribution in [0.25, 0.3) is 5.69 Å². The lowest BCUT2D eigenvalue weighted by atomic mass is 9.88. The van der Waals surface area contributed by atoms with E-state index in [1.807, 2.05) is 20.8 Å². The van der Waals surface area contributed by atoms with E-state index in [9.17, 15) is 18.0 Å². The topological polar surface area (TPSA) is 72.9 Å².